The summed E-state index contributed by atoms with van der Waals surface area (Å²) >= 11 is 15.7. The highest BCUT2D eigenvalue weighted by Gasteiger charge is 2.16. The number of aromatic nitrogens is 2. The molecule has 1 heterocycles. The minimum Gasteiger partial charge on any atom is -0.493 e. The van der Waals surface area contributed by atoms with Crippen molar-refractivity contribution in [2.45, 2.75) is 32.8 Å². The van der Waals surface area contributed by atoms with E-state index >= 15 is 0 Å². The van der Waals surface area contributed by atoms with Crippen LogP contribution in [0.5, 0.6) is 17.2 Å². The van der Waals surface area contributed by atoms with E-state index in [1.54, 1.807) is 42.6 Å². The first-order valence-electron chi connectivity index (χ1n) is 11.9. The van der Waals surface area contributed by atoms with E-state index in [2.05, 4.69) is 28.0 Å². The van der Waals surface area contributed by atoms with Crippen LogP contribution in [-0.2, 0) is 13.0 Å². The maximum absolute atomic E-state index is 13.4. The summed E-state index contributed by atoms with van der Waals surface area (Å²) in [5, 5.41) is 6.05. The van der Waals surface area contributed by atoms with Crippen LogP contribution in [0.4, 0.5) is 0 Å². The van der Waals surface area contributed by atoms with Gasteiger partial charge < -0.3 is 14.2 Å². The van der Waals surface area contributed by atoms with Crippen molar-refractivity contribution in [3.8, 4) is 17.2 Å². The third-order valence-corrected chi connectivity index (χ3v) is 6.90. The number of benzene rings is 3. The van der Waals surface area contributed by atoms with Gasteiger partial charge in [0.15, 0.2) is 11.5 Å². The van der Waals surface area contributed by atoms with E-state index in [9.17, 15) is 4.79 Å². The van der Waals surface area contributed by atoms with Crippen molar-refractivity contribution in [3.63, 3.8) is 0 Å². The summed E-state index contributed by atoms with van der Waals surface area (Å²) in [5.41, 5.74) is 1.82. The molecule has 4 rings (SSSR count). The molecule has 4 aromatic rings. The molecule has 0 unspecified atom stereocenters. The number of hydrogen-bond acceptors (Lipinski definition) is 6. The standard InChI is InChI=1S/C28H26BrCl2N3O4/c1-4-5-6-26-33-23-10-8-19(29)13-21(23)28(35)34(26)32-15-17-11-24(36-2)27(25(12-17)37-3)38-16-18-7-9-20(30)14-22(18)31/h7-15H,4-6,16H2,1-3H3. The van der Waals surface area contributed by atoms with Gasteiger partial charge in [-0.2, -0.15) is 9.78 Å². The molecule has 0 amide bonds. The lowest BCUT2D eigenvalue weighted by Gasteiger charge is -2.16. The van der Waals surface area contributed by atoms with Gasteiger partial charge in [0.2, 0.25) is 5.75 Å². The SMILES string of the molecule is CCCCc1nc2ccc(Br)cc2c(=O)n1N=Cc1cc(OC)c(OCc2ccc(Cl)cc2Cl)c(OC)c1. The summed E-state index contributed by atoms with van der Waals surface area (Å²) in [6.07, 6.45) is 4.05. The van der Waals surface area contributed by atoms with Gasteiger partial charge in [-0.15, -0.1) is 0 Å². The first-order valence-corrected chi connectivity index (χ1v) is 13.5. The molecule has 0 N–H and O–H groups in total. The van der Waals surface area contributed by atoms with Gasteiger partial charge in [0.25, 0.3) is 5.56 Å². The molecular formula is C28H26BrCl2N3O4. The predicted octanol–water partition coefficient (Wildman–Crippen LogP) is 7.29. The van der Waals surface area contributed by atoms with Crippen LogP contribution in [0.15, 0.2) is 62.9 Å². The van der Waals surface area contributed by atoms with Gasteiger partial charge in [-0.05, 0) is 48.9 Å². The minimum atomic E-state index is -0.239. The van der Waals surface area contributed by atoms with Gasteiger partial charge in [-0.1, -0.05) is 58.5 Å². The highest BCUT2D eigenvalue weighted by Crippen LogP contribution is 2.39. The predicted molar refractivity (Wildman–Crippen MR) is 156 cm³/mol. The van der Waals surface area contributed by atoms with Crippen molar-refractivity contribution in [1.82, 2.24) is 9.66 Å². The Labute approximate surface area is 239 Å². The van der Waals surface area contributed by atoms with Crippen LogP contribution in [0.3, 0.4) is 0 Å². The van der Waals surface area contributed by atoms with Crippen LogP contribution in [0.1, 0.15) is 36.7 Å². The van der Waals surface area contributed by atoms with Gasteiger partial charge >= 0.3 is 0 Å². The zero-order valence-corrected chi connectivity index (χ0v) is 24.2. The van der Waals surface area contributed by atoms with Crippen LogP contribution in [0, 0.1) is 0 Å². The number of hydrogen-bond donors (Lipinski definition) is 0. The van der Waals surface area contributed by atoms with Crippen molar-refractivity contribution in [2.75, 3.05) is 14.2 Å². The molecule has 0 bridgehead atoms. The molecule has 0 atom stereocenters. The zero-order chi connectivity index (χ0) is 27.2. The Kier molecular flexibility index (Phi) is 9.31. The number of aryl methyl sites for hydroxylation is 1. The third kappa shape index (κ3) is 6.31. The highest BCUT2D eigenvalue weighted by atomic mass is 79.9. The molecule has 0 fully saturated rings. The lowest BCUT2D eigenvalue weighted by atomic mass is 10.2. The quantitative estimate of drug-likeness (QED) is 0.175. The van der Waals surface area contributed by atoms with Gasteiger partial charge in [0.05, 0.1) is 31.3 Å². The maximum atomic E-state index is 13.4. The molecule has 198 valence electrons. The van der Waals surface area contributed by atoms with Crippen molar-refractivity contribution < 1.29 is 14.2 Å². The lowest BCUT2D eigenvalue weighted by molar-refractivity contribution is 0.266. The molecule has 7 nitrogen and oxygen atoms in total. The summed E-state index contributed by atoms with van der Waals surface area (Å²) in [6.45, 7) is 2.28. The molecule has 10 heteroatoms. The van der Waals surface area contributed by atoms with E-state index in [4.69, 9.17) is 42.4 Å². The number of methoxy groups -OCH3 is 2. The van der Waals surface area contributed by atoms with Gasteiger partial charge in [-0.25, -0.2) is 4.98 Å². The van der Waals surface area contributed by atoms with E-state index in [0.717, 1.165) is 22.9 Å². The summed E-state index contributed by atoms with van der Waals surface area (Å²) in [6, 6.07) is 14.2. The minimum absolute atomic E-state index is 0.185. The maximum Gasteiger partial charge on any atom is 0.282 e. The first kappa shape index (κ1) is 28.0. The smallest absolute Gasteiger partial charge is 0.282 e. The molecule has 38 heavy (non-hydrogen) atoms. The van der Waals surface area contributed by atoms with Crippen LogP contribution in [0.25, 0.3) is 10.9 Å². The Hall–Kier alpha value is -3.07. The Morgan fingerprint density at radius 1 is 1.05 bits per heavy atom. The van der Waals surface area contributed by atoms with Crippen molar-refractivity contribution in [2.24, 2.45) is 5.10 Å². The molecule has 0 saturated heterocycles. The number of halogens is 3. The number of nitrogens with zero attached hydrogens (tertiary/aromatic N) is 3. The Morgan fingerprint density at radius 2 is 1.79 bits per heavy atom. The molecular weight excluding hydrogens is 593 g/mol. The zero-order valence-electron chi connectivity index (χ0n) is 21.1. The molecule has 0 saturated carbocycles. The van der Waals surface area contributed by atoms with Crippen LogP contribution >= 0.6 is 39.1 Å². The second-order valence-electron chi connectivity index (χ2n) is 8.43. The second-order valence-corrected chi connectivity index (χ2v) is 10.2. The average molecular weight is 619 g/mol. The van der Waals surface area contributed by atoms with E-state index in [0.29, 0.717) is 56.0 Å². The summed E-state index contributed by atoms with van der Waals surface area (Å²) in [7, 11) is 3.08. The third-order valence-electron chi connectivity index (χ3n) is 5.82. The van der Waals surface area contributed by atoms with Gasteiger partial charge in [0.1, 0.15) is 12.4 Å². The molecule has 0 spiro atoms. The first-order chi connectivity index (χ1) is 18.3. The molecule has 1 aromatic heterocycles. The molecule has 3 aromatic carbocycles. The number of rotatable bonds is 10. The van der Waals surface area contributed by atoms with Crippen molar-refractivity contribution in [1.29, 1.82) is 0 Å². The second kappa shape index (κ2) is 12.7. The molecule has 0 radical (unpaired) electrons. The van der Waals surface area contributed by atoms with Crippen LogP contribution in [-0.4, -0.2) is 30.1 Å². The van der Waals surface area contributed by atoms with E-state index in [1.165, 1.54) is 18.9 Å². The Bertz CT molecular complexity index is 1530. The summed E-state index contributed by atoms with van der Waals surface area (Å²) < 4.78 is 19.3. The van der Waals surface area contributed by atoms with E-state index < -0.39 is 0 Å². The Morgan fingerprint density at radius 3 is 2.45 bits per heavy atom. The van der Waals surface area contributed by atoms with Crippen LogP contribution in [0.2, 0.25) is 10.0 Å². The van der Waals surface area contributed by atoms with E-state index in [-0.39, 0.29) is 12.2 Å². The van der Waals surface area contributed by atoms with Crippen molar-refractivity contribution in [3.05, 3.63) is 90.4 Å². The fourth-order valence-corrected chi connectivity index (χ4v) is 4.66. The summed E-state index contributed by atoms with van der Waals surface area (Å²) in [5.74, 6) is 1.89. The fourth-order valence-electron chi connectivity index (χ4n) is 3.84. The topological polar surface area (TPSA) is 74.9 Å². The lowest BCUT2D eigenvalue weighted by Crippen LogP contribution is -2.22. The number of unbranched alkanes of at least 4 members (excludes halogenated alkanes) is 1. The molecule has 0 aliphatic carbocycles. The average Bonchev–Trinajstić information content (AvgIpc) is 2.91. The van der Waals surface area contributed by atoms with Crippen molar-refractivity contribution >= 4 is 56.2 Å². The Balaban J connectivity index is 1.70. The number of fused-ring (bicyclic) bond motifs is 1. The molecule has 0 aliphatic rings. The van der Waals surface area contributed by atoms with Gasteiger partial charge in [0, 0.05) is 32.1 Å². The largest absolute Gasteiger partial charge is 0.493 e. The van der Waals surface area contributed by atoms with Crippen LogP contribution < -0.4 is 19.8 Å². The summed E-state index contributed by atoms with van der Waals surface area (Å²) in [4.78, 5) is 18.1. The highest BCUT2D eigenvalue weighted by molar-refractivity contribution is 9.10. The normalized spacial score (nSPS) is 11.3. The number of ether oxygens (including phenoxy) is 3. The van der Waals surface area contributed by atoms with Gasteiger partial charge in [-0.3, -0.25) is 4.79 Å². The van der Waals surface area contributed by atoms with E-state index in [1.807, 2.05) is 12.1 Å². The molecule has 0 aliphatic heterocycles. The fraction of sp³-hybridized carbons (Fsp3) is 0.250. The monoisotopic (exact) mass is 617 g/mol.